The highest BCUT2D eigenvalue weighted by atomic mass is 16.5. The highest BCUT2D eigenvalue weighted by molar-refractivity contribution is 5.76. The molecule has 0 bridgehead atoms. The molecule has 0 saturated heterocycles. The second-order valence-electron chi connectivity index (χ2n) is 23.9. The van der Waals surface area contributed by atoms with Gasteiger partial charge in [0.05, 0.1) is 32.2 Å². The van der Waals surface area contributed by atoms with Crippen LogP contribution in [0.4, 0.5) is 0 Å². The molecule has 6 aromatic carbocycles. The fourth-order valence-electron chi connectivity index (χ4n) is 11.3. The highest BCUT2D eigenvalue weighted by Gasteiger charge is 2.33. The van der Waals surface area contributed by atoms with Gasteiger partial charge in [0.25, 0.3) is 0 Å². The molecule has 0 fully saturated rings. The molecule has 5 N–H and O–H groups in total. The van der Waals surface area contributed by atoms with Gasteiger partial charge in [-0.2, -0.15) is 0 Å². The van der Waals surface area contributed by atoms with Crippen molar-refractivity contribution in [2.24, 2.45) is 10.8 Å². The zero-order chi connectivity index (χ0) is 57.2. The lowest BCUT2D eigenvalue weighted by Gasteiger charge is -2.34. The maximum absolute atomic E-state index is 11.8. The lowest BCUT2D eigenvalue weighted by atomic mass is 9.69. The molecule has 414 valence electrons. The number of esters is 1. The number of hydrogen-bond donors (Lipinski definition) is 5. The van der Waals surface area contributed by atoms with Crippen molar-refractivity contribution < 1.29 is 39.9 Å². The molecule has 77 heavy (non-hydrogen) atoms. The van der Waals surface area contributed by atoms with Gasteiger partial charge in [0.2, 0.25) is 0 Å². The summed E-state index contributed by atoms with van der Waals surface area (Å²) < 4.78 is 4.80. The third-order valence-corrected chi connectivity index (χ3v) is 16.6. The van der Waals surface area contributed by atoms with Crippen LogP contribution in [0, 0.1) is 38.5 Å². The molecule has 8 heteroatoms. The van der Waals surface area contributed by atoms with Crippen LogP contribution in [0.5, 0.6) is 11.5 Å². The van der Waals surface area contributed by atoms with Gasteiger partial charge in [-0.25, -0.2) is 0 Å². The van der Waals surface area contributed by atoms with E-state index in [-0.39, 0.29) is 64.2 Å². The first-order valence-electron chi connectivity index (χ1n) is 27.9. The average molecular weight is 1050 g/mol. The van der Waals surface area contributed by atoms with Gasteiger partial charge in [-0.3, -0.25) is 9.59 Å². The molecule has 6 rings (SSSR count). The topological polar surface area (TPSA) is 145 Å². The van der Waals surface area contributed by atoms with Crippen LogP contribution < -0.4 is 0 Å². The molecule has 2 atom stereocenters. The number of aliphatic carboxylic acids is 1. The first-order chi connectivity index (χ1) is 36.1. The molecule has 0 saturated carbocycles. The number of aliphatic hydroxyl groups excluding tert-OH is 2. The van der Waals surface area contributed by atoms with Gasteiger partial charge in [-0.1, -0.05) is 154 Å². The van der Waals surface area contributed by atoms with Crippen LogP contribution >= 0.6 is 0 Å². The molecule has 8 nitrogen and oxygen atoms in total. The van der Waals surface area contributed by atoms with Crippen LogP contribution in [0.15, 0.2) is 109 Å². The molecular weight excluding hydrogens is 957 g/mol. The van der Waals surface area contributed by atoms with Gasteiger partial charge in [0.1, 0.15) is 11.5 Å². The van der Waals surface area contributed by atoms with E-state index in [0.717, 1.165) is 90.3 Å². The molecule has 2 unspecified atom stereocenters. The van der Waals surface area contributed by atoms with Crippen molar-refractivity contribution in [3.05, 3.63) is 176 Å². The van der Waals surface area contributed by atoms with Crippen molar-refractivity contribution >= 4 is 11.9 Å². The molecule has 0 heterocycles. The van der Waals surface area contributed by atoms with Gasteiger partial charge >= 0.3 is 11.9 Å². The lowest BCUT2D eigenvalue weighted by Crippen LogP contribution is -2.27. The van der Waals surface area contributed by atoms with E-state index in [0.29, 0.717) is 5.56 Å². The number of rotatable bonds is 20. The van der Waals surface area contributed by atoms with Gasteiger partial charge < -0.3 is 30.3 Å². The molecule has 0 amide bonds. The quantitative estimate of drug-likeness (QED) is 0.0476. The third kappa shape index (κ3) is 15.1. The van der Waals surface area contributed by atoms with Crippen LogP contribution in [0.1, 0.15) is 175 Å². The third-order valence-electron chi connectivity index (χ3n) is 16.6. The zero-order valence-corrected chi connectivity index (χ0v) is 49.1. The van der Waals surface area contributed by atoms with E-state index in [1.54, 1.807) is 18.2 Å². The van der Waals surface area contributed by atoms with Crippen molar-refractivity contribution in [2.75, 3.05) is 7.11 Å². The number of phenols is 2. The summed E-state index contributed by atoms with van der Waals surface area (Å²) in [7, 11) is 1.37. The van der Waals surface area contributed by atoms with E-state index >= 15 is 0 Å². The summed E-state index contributed by atoms with van der Waals surface area (Å²) in [6.45, 7) is 30.0. The zero-order valence-electron chi connectivity index (χ0n) is 49.1. The normalized spacial score (nSPS) is 12.9. The summed E-state index contributed by atoms with van der Waals surface area (Å²) in [5, 5.41) is 50.8. The number of phenolic OH excluding ortho intramolecular Hbond substituents is 2. The Morgan fingerprint density at radius 1 is 0.481 bits per heavy atom. The lowest BCUT2D eigenvalue weighted by molar-refractivity contribution is -0.140. The van der Waals surface area contributed by atoms with Gasteiger partial charge in [0, 0.05) is 10.8 Å². The number of carboxylic acid groups (broad SMARTS) is 1. The molecule has 6 aromatic rings. The van der Waals surface area contributed by atoms with E-state index in [2.05, 4.69) is 170 Å². The largest absolute Gasteiger partial charge is 0.508 e. The Balaban J connectivity index is 0.000000284. The van der Waals surface area contributed by atoms with Crippen LogP contribution in [-0.2, 0) is 50.8 Å². The Bertz CT molecular complexity index is 2980. The monoisotopic (exact) mass is 1050 g/mol. The minimum absolute atomic E-state index is 0.0734. The fourth-order valence-corrected chi connectivity index (χ4v) is 11.3. The van der Waals surface area contributed by atoms with Crippen molar-refractivity contribution in [1.82, 2.24) is 0 Å². The van der Waals surface area contributed by atoms with Gasteiger partial charge in [0.15, 0.2) is 0 Å². The summed E-state index contributed by atoms with van der Waals surface area (Å²) in [5.74, 6) is -1.04. The molecule has 0 spiro atoms. The number of ether oxygens (including phenoxy) is 1. The van der Waals surface area contributed by atoms with E-state index in [1.807, 2.05) is 12.1 Å². The second-order valence-corrected chi connectivity index (χ2v) is 23.9. The summed E-state index contributed by atoms with van der Waals surface area (Å²) in [4.78, 5) is 23.0. The summed E-state index contributed by atoms with van der Waals surface area (Å²) in [6.07, 6.45) is 6.42. The number of carbonyl (C=O) groups is 2. The van der Waals surface area contributed by atoms with Gasteiger partial charge in [-0.15, -0.1) is 0 Å². The summed E-state index contributed by atoms with van der Waals surface area (Å²) in [5.41, 5.74) is 17.0. The van der Waals surface area contributed by atoms with E-state index in [1.165, 1.54) is 57.7 Å². The van der Waals surface area contributed by atoms with Gasteiger partial charge in [-0.05, 0) is 203 Å². The Kier molecular flexibility index (Phi) is 20.8. The maximum atomic E-state index is 11.8. The predicted octanol–water partition coefficient (Wildman–Crippen LogP) is 15.6. The SMILES string of the molecule is CCC(CC)(c1ccc(CCC(O)C(C)(C)C)c(C)c1)c1ccc(-c2cc(O)cc(CC(=O)O)c2)c(C)c1.CCC(CC)(c1ccc(CCC(O)C(C)(C)C)c(C)c1)c1ccc(-c2cc(O)cc(CC(=O)OC)c2)c(C)c1. The summed E-state index contributed by atoms with van der Waals surface area (Å²) in [6, 6.07) is 37.2. The molecule has 0 radical (unpaired) electrons. The summed E-state index contributed by atoms with van der Waals surface area (Å²) >= 11 is 0. The minimum Gasteiger partial charge on any atom is -0.508 e. The predicted molar refractivity (Wildman–Crippen MR) is 316 cm³/mol. The number of aliphatic hydroxyl groups is 2. The number of aromatic hydroxyl groups is 2. The average Bonchev–Trinajstić information content (AvgIpc) is 3.36. The van der Waals surface area contributed by atoms with Crippen molar-refractivity contribution in [3.8, 4) is 33.8 Å². The molecule has 0 aliphatic carbocycles. The van der Waals surface area contributed by atoms with Crippen LogP contribution in [0.2, 0.25) is 0 Å². The minimum atomic E-state index is -0.920. The Morgan fingerprint density at radius 3 is 1.12 bits per heavy atom. The standard InChI is InChI=1S/C35H46O4.C34H44O4/c1-9-35(10-2,28-13-11-26(23(3)17-28)12-16-32(37)34(5,6)7)29-14-15-31(24(4)18-29)27-19-25(20-30(36)22-27)21-33(38)39-8;1-8-34(9-2,27-12-10-25(22(3)16-27)11-15-31(36)33(5,6)7)28-13-14-30(23(4)17-28)26-18-24(20-32(37)38)19-29(35)21-26/h11,13-15,17-20,22,32,36-37H,9-10,12,16,21H2,1-8H3;10,12-14,16-19,21,31,35-36H,8-9,11,15,20H2,1-7H3,(H,37,38). The highest BCUT2D eigenvalue weighted by Crippen LogP contribution is 2.44. The number of carbonyl (C=O) groups excluding carboxylic acids is 1. The number of benzene rings is 6. The molecular formula is C69H90O8. The van der Waals surface area contributed by atoms with E-state index in [4.69, 9.17) is 4.74 Å². The van der Waals surface area contributed by atoms with Crippen LogP contribution in [0.3, 0.4) is 0 Å². The maximum Gasteiger partial charge on any atom is 0.309 e. The Morgan fingerprint density at radius 2 is 0.818 bits per heavy atom. The van der Waals surface area contributed by atoms with E-state index < -0.39 is 5.97 Å². The first kappa shape index (κ1) is 61.6. The molecule has 0 aliphatic rings. The molecule has 0 aromatic heterocycles. The smallest absolute Gasteiger partial charge is 0.309 e. The van der Waals surface area contributed by atoms with E-state index in [9.17, 15) is 35.1 Å². The first-order valence-corrected chi connectivity index (χ1v) is 27.9. The number of hydrogen-bond acceptors (Lipinski definition) is 7. The van der Waals surface area contributed by atoms with Crippen LogP contribution in [-0.4, -0.2) is 56.8 Å². The Hall–Kier alpha value is -6.22. The molecule has 0 aliphatic heterocycles. The number of carboxylic acids is 1. The number of aryl methyl sites for hydroxylation is 6. The van der Waals surface area contributed by atoms with Crippen molar-refractivity contribution in [1.29, 1.82) is 0 Å². The second kappa shape index (κ2) is 26.0. The fraction of sp³-hybridized carbons (Fsp3) is 0.449. The van der Waals surface area contributed by atoms with Crippen molar-refractivity contribution in [2.45, 2.75) is 184 Å². The Labute approximate surface area is 461 Å². The van der Waals surface area contributed by atoms with Crippen LogP contribution in [0.25, 0.3) is 22.3 Å². The number of methoxy groups -OCH3 is 1. The van der Waals surface area contributed by atoms with Crippen molar-refractivity contribution in [3.63, 3.8) is 0 Å².